The molecule has 0 fully saturated rings. The molecule has 0 N–H and O–H groups in total. The van der Waals surface area contributed by atoms with Gasteiger partial charge in [-0.3, -0.25) is 9.79 Å². The van der Waals surface area contributed by atoms with Crippen LogP contribution in [0.2, 0.25) is 0 Å². The van der Waals surface area contributed by atoms with Crippen LogP contribution in [0.1, 0.15) is 10.4 Å². The van der Waals surface area contributed by atoms with E-state index in [2.05, 4.69) is 31.9 Å². The first-order valence-electron chi connectivity index (χ1n) is 7.21. The van der Waals surface area contributed by atoms with Crippen molar-refractivity contribution in [2.75, 3.05) is 29.4 Å². The van der Waals surface area contributed by atoms with Gasteiger partial charge in [-0.1, -0.05) is 40.2 Å². The number of hydrogen-bond acceptors (Lipinski definition) is 4. The van der Waals surface area contributed by atoms with Crippen molar-refractivity contribution in [1.82, 2.24) is 0 Å². The summed E-state index contributed by atoms with van der Waals surface area (Å²) in [6, 6.07) is 15.6. The van der Waals surface area contributed by atoms with Crippen LogP contribution in [0.25, 0.3) is 0 Å². The Labute approximate surface area is 153 Å². The van der Waals surface area contributed by atoms with Crippen LogP contribution in [0.5, 0.6) is 0 Å². The molecular formula is C17H15Br2N3O. The third-order valence-electron chi connectivity index (χ3n) is 3.99. The molecular weight excluding hydrogens is 422 g/mol. The molecule has 0 radical (unpaired) electrons. The van der Waals surface area contributed by atoms with Crippen molar-refractivity contribution in [1.29, 1.82) is 0 Å². The molecule has 0 atom stereocenters. The average Bonchev–Trinajstić information content (AvgIpc) is 3.11. The van der Waals surface area contributed by atoms with Crippen molar-refractivity contribution in [3.63, 3.8) is 0 Å². The van der Waals surface area contributed by atoms with E-state index in [1.54, 1.807) is 0 Å². The van der Waals surface area contributed by atoms with Gasteiger partial charge in [-0.2, -0.15) is 0 Å². The Balaban J connectivity index is 0.00000156. The minimum Gasteiger partial charge on any atom is -0.308 e. The number of fused-ring (bicyclic) bond motifs is 3. The molecule has 2 aromatic rings. The normalized spacial score (nSPS) is 14.9. The van der Waals surface area contributed by atoms with E-state index in [1.807, 2.05) is 47.4 Å². The van der Waals surface area contributed by atoms with Crippen LogP contribution in [0.3, 0.4) is 0 Å². The number of aliphatic imine (C=N–C) groups is 1. The number of hydrogen-bond donors (Lipinski definition) is 0. The molecule has 4 nitrogen and oxygen atoms in total. The molecule has 118 valence electrons. The quantitative estimate of drug-likeness (QED) is 0.684. The minimum atomic E-state index is 0. The molecule has 2 aliphatic heterocycles. The molecule has 0 bridgehead atoms. The zero-order valence-electron chi connectivity index (χ0n) is 12.3. The summed E-state index contributed by atoms with van der Waals surface area (Å²) in [5.41, 5.74) is 2.92. The molecule has 0 unspecified atom stereocenters. The van der Waals surface area contributed by atoms with E-state index in [4.69, 9.17) is 0 Å². The Morgan fingerprint density at radius 3 is 2.52 bits per heavy atom. The highest BCUT2D eigenvalue weighted by Crippen LogP contribution is 2.38. The molecule has 2 aliphatic rings. The number of ketones is 1. The Bertz CT molecular complexity index is 774. The van der Waals surface area contributed by atoms with E-state index in [9.17, 15) is 4.79 Å². The number of Topliss-reactive ketones (excluding diaryl/α,β-unsaturated/α-hetero) is 1. The summed E-state index contributed by atoms with van der Waals surface area (Å²) in [5.74, 6) is 0.991. The molecule has 0 amide bonds. The lowest BCUT2D eigenvalue weighted by Crippen LogP contribution is -2.38. The average molecular weight is 437 g/mol. The number of rotatable bonds is 3. The van der Waals surface area contributed by atoms with E-state index in [0.29, 0.717) is 6.54 Å². The Kier molecular flexibility index (Phi) is 4.55. The maximum atomic E-state index is 12.6. The van der Waals surface area contributed by atoms with Gasteiger partial charge in [-0.05, 0) is 24.3 Å². The van der Waals surface area contributed by atoms with Gasteiger partial charge in [0.1, 0.15) is 0 Å². The fourth-order valence-corrected chi connectivity index (χ4v) is 3.21. The fraction of sp³-hybridized carbons (Fsp3) is 0.176. The lowest BCUT2D eigenvalue weighted by Gasteiger charge is -2.18. The summed E-state index contributed by atoms with van der Waals surface area (Å²) in [5, 5.41) is 0. The first-order chi connectivity index (χ1) is 10.7. The van der Waals surface area contributed by atoms with Gasteiger partial charge >= 0.3 is 0 Å². The lowest BCUT2D eigenvalue weighted by atomic mass is 10.1. The Hall–Kier alpha value is -1.66. The van der Waals surface area contributed by atoms with Gasteiger partial charge in [-0.25, -0.2) is 0 Å². The summed E-state index contributed by atoms with van der Waals surface area (Å²) in [7, 11) is 0. The number of halogens is 2. The Morgan fingerprint density at radius 1 is 1.09 bits per heavy atom. The van der Waals surface area contributed by atoms with E-state index >= 15 is 0 Å². The van der Waals surface area contributed by atoms with Gasteiger partial charge in [0.2, 0.25) is 5.96 Å². The van der Waals surface area contributed by atoms with E-state index < -0.39 is 0 Å². The van der Waals surface area contributed by atoms with Crippen molar-refractivity contribution in [3.8, 4) is 0 Å². The topological polar surface area (TPSA) is 35.9 Å². The summed E-state index contributed by atoms with van der Waals surface area (Å²) in [6.07, 6.45) is 0. The maximum absolute atomic E-state index is 12.6. The van der Waals surface area contributed by atoms with E-state index in [1.165, 1.54) is 0 Å². The van der Waals surface area contributed by atoms with E-state index in [0.717, 1.165) is 40.5 Å². The van der Waals surface area contributed by atoms with Crippen LogP contribution in [-0.4, -0.2) is 31.4 Å². The first-order valence-corrected chi connectivity index (χ1v) is 8.01. The molecule has 0 saturated heterocycles. The molecule has 0 aliphatic carbocycles. The number of carbonyl (C=O) groups is 1. The molecule has 2 heterocycles. The summed E-state index contributed by atoms with van der Waals surface area (Å²) >= 11 is 3.39. The van der Waals surface area contributed by atoms with Gasteiger partial charge in [0, 0.05) is 16.6 Å². The number of guanidine groups is 1. The maximum Gasteiger partial charge on any atom is 0.206 e. The minimum absolute atomic E-state index is 0. The van der Waals surface area contributed by atoms with Crippen molar-refractivity contribution in [2.45, 2.75) is 0 Å². The molecule has 23 heavy (non-hydrogen) atoms. The van der Waals surface area contributed by atoms with Crippen molar-refractivity contribution >= 4 is 56.0 Å². The van der Waals surface area contributed by atoms with E-state index in [-0.39, 0.29) is 22.8 Å². The largest absolute Gasteiger partial charge is 0.308 e. The first kappa shape index (κ1) is 16.2. The number of nitrogens with zero attached hydrogens (tertiary/aromatic N) is 3. The third-order valence-corrected chi connectivity index (χ3v) is 4.52. The smallest absolute Gasteiger partial charge is 0.206 e. The predicted octanol–water partition coefficient (Wildman–Crippen LogP) is 3.91. The van der Waals surface area contributed by atoms with Crippen molar-refractivity contribution < 1.29 is 4.79 Å². The zero-order valence-corrected chi connectivity index (χ0v) is 15.6. The highest BCUT2D eigenvalue weighted by Gasteiger charge is 2.35. The second-order valence-electron chi connectivity index (χ2n) is 5.34. The summed E-state index contributed by atoms with van der Waals surface area (Å²) in [6.45, 7) is 1.98. The monoisotopic (exact) mass is 435 g/mol. The SMILES string of the molecule is Br.O=C(CN1C2=NCCN2c2ccccc21)c1ccc(Br)cc1. The molecule has 0 spiro atoms. The number of anilines is 2. The highest BCUT2D eigenvalue weighted by atomic mass is 79.9. The van der Waals surface area contributed by atoms with Crippen molar-refractivity contribution in [3.05, 3.63) is 58.6 Å². The van der Waals surface area contributed by atoms with Crippen LogP contribution in [0, 0.1) is 0 Å². The molecule has 6 heteroatoms. The van der Waals surface area contributed by atoms with Crippen LogP contribution < -0.4 is 9.80 Å². The standard InChI is InChI=1S/C17H14BrN3O.BrH/c18-13-7-5-12(6-8-13)16(22)11-21-15-4-2-1-3-14(15)20-10-9-19-17(20)21;/h1-8H,9-11H2;1H. The highest BCUT2D eigenvalue weighted by molar-refractivity contribution is 9.10. The molecule has 0 aromatic heterocycles. The lowest BCUT2D eigenvalue weighted by molar-refractivity contribution is 0.100. The van der Waals surface area contributed by atoms with Gasteiger partial charge in [0.05, 0.1) is 24.5 Å². The van der Waals surface area contributed by atoms with Crippen LogP contribution in [0.15, 0.2) is 58.0 Å². The van der Waals surface area contributed by atoms with Crippen molar-refractivity contribution in [2.24, 2.45) is 4.99 Å². The molecule has 2 aromatic carbocycles. The third kappa shape index (κ3) is 2.81. The molecule has 4 rings (SSSR count). The number of benzene rings is 2. The van der Waals surface area contributed by atoms with Gasteiger partial charge in [0.15, 0.2) is 5.78 Å². The second-order valence-corrected chi connectivity index (χ2v) is 6.25. The Morgan fingerprint density at radius 2 is 1.78 bits per heavy atom. The van der Waals surface area contributed by atoms with Gasteiger partial charge in [0.25, 0.3) is 0 Å². The summed E-state index contributed by atoms with van der Waals surface area (Å²) in [4.78, 5) is 21.3. The zero-order chi connectivity index (χ0) is 15.1. The van der Waals surface area contributed by atoms with Gasteiger partial charge in [-0.15, -0.1) is 17.0 Å². The number of carbonyl (C=O) groups excluding carboxylic acids is 1. The predicted molar refractivity (Wildman–Crippen MR) is 102 cm³/mol. The van der Waals surface area contributed by atoms with Crippen LogP contribution in [-0.2, 0) is 0 Å². The second kappa shape index (κ2) is 6.45. The summed E-state index contributed by atoms with van der Waals surface area (Å²) < 4.78 is 0.974. The van der Waals surface area contributed by atoms with Crippen LogP contribution >= 0.6 is 32.9 Å². The number of para-hydroxylation sites is 2. The van der Waals surface area contributed by atoms with Gasteiger partial charge < -0.3 is 9.80 Å². The molecule has 0 saturated carbocycles. The van der Waals surface area contributed by atoms with Crippen LogP contribution in [0.4, 0.5) is 11.4 Å². The fourth-order valence-electron chi connectivity index (χ4n) is 2.95.